The molecule has 0 saturated carbocycles. The summed E-state index contributed by atoms with van der Waals surface area (Å²) < 4.78 is 5.87. The third kappa shape index (κ3) is 4.22. The summed E-state index contributed by atoms with van der Waals surface area (Å²) in [7, 11) is 0. The molecule has 20 heavy (non-hydrogen) atoms. The molecule has 3 heteroatoms. The van der Waals surface area contributed by atoms with Crippen molar-refractivity contribution in [2.45, 2.75) is 57.9 Å². The Balaban J connectivity index is 1.80. The van der Waals surface area contributed by atoms with Crippen molar-refractivity contribution < 1.29 is 4.74 Å². The number of benzene rings is 1. The van der Waals surface area contributed by atoms with E-state index in [9.17, 15) is 0 Å². The van der Waals surface area contributed by atoms with Crippen molar-refractivity contribution in [2.75, 3.05) is 6.61 Å². The van der Waals surface area contributed by atoms with Crippen LogP contribution >= 0.6 is 0 Å². The molecule has 1 aliphatic rings. The lowest BCUT2D eigenvalue weighted by Gasteiger charge is -2.31. The van der Waals surface area contributed by atoms with Gasteiger partial charge in [-0.05, 0) is 24.5 Å². The first-order valence-corrected chi connectivity index (χ1v) is 8.02. The highest BCUT2D eigenvalue weighted by molar-refractivity contribution is 5.35. The molecule has 0 saturated heterocycles. The third-order valence-electron chi connectivity index (χ3n) is 4.31. The minimum Gasteiger partial charge on any atom is -0.493 e. The molecule has 1 heterocycles. The van der Waals surface area contributed by atoms with Crippen LogP contribution in [-0.4, -0.2) is 12.6 Å². The monoisotopic (exact) mass is 276 g/mol. The second-order valence-electron chi connectivity index (χ2n) is 5.86. The first kappa shape index (κ1) is 15.3. The van der Waals surface area contributed by atoms with E-state index in [1.165, 1.54) is 37.7 Å². The highest BCUT2D eigenvalue weighted by atomic mass is 16.5. The summed E-state index contributed by atoms with van der Waals surface area (Å²) in [4.78, 5) is 0. The van der Waals surface area contributed by atoms with Gasteiger partial charge in [0.1, 0.15) is 5.75 Å². The molecule has 2 rings (SSSR count). The predicted octanol–water partition coefficient (Wildman–Crippen LogP) is 3.43. The number of hydrogen-bond acceptors (Lipinski definition) is 3. The van der Waals surface area contributed by atoms with Gasteiger partial charge in [-0.3, -0.25) is 11.3 Å². The second kappa shape index (κ2) is 8.28. The van der Waals surface area contributed by atoms with Crippen molar-refractivity contribution in [1.29, 1.82) is 0 Å². The van der Waals surface area contributed by atoms with E-state index in [2.05, 4.69) is 30.5 Å². The van der Waals surface area contributed by atoms with Crippen molar-refractivity contribution in [3.8, 4) is 5.75 Å². The Kier molecular flexibility index (Phi) is 6.34. The average Bonchev–Trinajstić information content (AvgIpc) is 2.50. The average molecular weight is 276 g/mol. The first-order chi connectivity index (χ1) is 9.85. The summed E-state index contributed by atoms with van der Waals surface area (Å²) in [6, 6.07) is 8.70. The molecule has 0 aromatic heterocycles. The number of rotatable bonds is 8. The quantitative estimate of drug-likeness (QED) is 0.434. The number of hydrogen-bond donors (Lipinski definition) is 2. The van der Waals surface area contributed by atoms with Crippen LogP contribution in [0.1, 0.15) is 51.0 Å². The topological polar surface area (TPSA) is 47.3 Å². The zero-order valence-corrected chi connectivity index (χ0v) is 12.6. The van der Waals surface area contributed by atoms with E-state index in [0.29, 0.717) is 12.0 Å². The van der Waals surface area contributed by atoms with Crippen LogP contribution in [0.2, 0.25) is 0 Å². The number of unbranched alkanes of at least 4 members (excludes halogenated alkanes) is 4. The standard InChI is InChI=1S/C17H28N2O/c1-2-3-4-5-6-10-16(19-18)15-12-14-9-7-8-11-17(14)20-13-15/h7-9,11,15-16,19H,2-6,10,12-13,18H2,1H3. The predicted molar refractivity (Wildman–Crippen MR) is 83.6 cm³/mol. The van der Waals surface area contributed by atoms with E-state index in [1.807, 2.05) is 6.07 Å². The molecule has 0 aliphatic carbocycles. The molecule has 0 fully saturated rings. The minimum atomic E-state index is 0.366. The van der Waals surface area contributed by atoms with E-state index in [4.69, 9.17) is 10.6 Å². The van der Waals surface area contributed by atoms with E-state index in [1.54, 1.807) is 0 Å². The first-order valence-electron chi connectivity index (χ1n) is 8.02. The zero-order valence-electron chi connectivity index (χ0n) is 12.6. The number of ether oxygens (including phenoxy) is 1. The molecule has 0 spiro atoms. The van der Waals surface area contributed by atoms with E-state index in [0.717, 1.165) is 25.2 Å². The Bertz CT molecular complexity index is 394. The lowest BCUT2D eigenvalue weighted by Crippen LogP contribution is -2.45. The minimum absolute atomic E-state index is 0.366. The normalized spacial score (nSPS) is 19.2. The lowest BCUT2D eigenvalue weighted by atomic mass is 9.88. The van der Waals surface area contributed by atoms with Crippen molar-refractivity contribution in [1.82, 2.24) is 5.43 Å². The fourth-order valence-electron chi connectivity index (χ4n) is 3.03. The number of nitrogens with two attached hydrogens (primary N) is 1. The van der Waals surface area contributed by atoms with Crippen LogP contribution in [0.4, 0.5) is 0 Å². The Morgan fingerprint density at radius 2 is 2.05 bits per heavy atom. The van der Waals surface area contributed by atoms with Gasteiger partial charge in [0.25, 0.3) is 0 Å². The van der Waals surface area contributed by atoms with Crippen molar-refractivity contribution in [2.24, 2.45) is 11.8 Å². The maximum absolute atomic E-state index is 5.87. The fraction of sp³-hybridized carbons (Fsp3) is 0.647. The van der Waals surface area contributed by atoms with Crippen LogP contribution in [0.5, 0.6) is 5.75 Å². The highest BCUT2D eigenvalue weighted by Gasteiger charge is 2.26. The molecule has 1 aromatic carbocycles. The summed E-state index contributed by atoms with van der Waals surface area (Å²) >= 11 is 0. The molecule has 112 valence electrons. The number of fused-ring (bicyclic) bond motifs is 1. The highest BCUT2D eigenvalue weighted by Crippen LogP contribution is 2.29. The summed E-state index contributed by atoms with van der Waals surface area (Å²) in [6.07, 6.45) is 8.78. The molecule has 1 aromatic rings. The largest absolute Gasteiger partial charge is 0.493 e. The smallest absolute Gasteiger partial charge is 0.122 e. The fourth-order valence-corrected chi connectivity index (χ4v) is 3.03. The van der Waals surface area contributed by atoms with Gasteiger partial charge in [0.15, 0.2) is 0 Å². The van der Waals surface area contributed by atoms with E-state index in [-0.39, 0.29) is 0 Å². The van der Waals surface area contributed by atoms with Gasteiger partial charge in [-0.25, -0.2) is 0 Å². The van der Waals surface area contributed by atoms with E-state index >= 15 is 0 Å². The van der Waals surface area contributed by atoms with Gasteiger partial charge in [0.05, 0.1) is 6.61 Å². The van der Waals surface area contributed by atoms with Gasteiger partial charge in [-0.2, -0.15) is 0 Å². The SMILES string of the molecule is CCCCCCCC(NN)C1COc2ccccc2C1. The molecular formula is C17H28N2O. The number of hydrazine groups is 1. The maximum atomic E-state index is 5.87. The summed E-state index contributed by atoms with van der Waals surface area (Å²) in [5, 5.41) is 0. The molecule has 0 radical (unpaired) electrons. The lowest BCUT2D eigenvalue weighted by molar-refractivity contribution is 0.178. The summed E-state index contributed by atoms with van der Waals surface area (Å²) in [5.41, 5.74) is 4.33. The van der Waals surface area contributed by atoms with Gasteiger partial charge < -0.3 is 4.74 Å². The van der Waals surface area contributed by atoms with Crippen LogP contribution < -0.4 is 16.0 Å². The molecule has 3 N–H and O–H groups in total. The van der Waals surface area contributed by atoms with E-state index < -0.39 is 0 Å². The van der Waals surface area contributed by atoms with Crippen LogP contribution in [0.3, 0.4) is 0 Å². The third-order valence-corrected chi connectivity index (χ3v) is 4.31. The molecule has 3 nitrogen and oxygen atoms in total. The molecule has 0 amide bonds. The molecule has 1 aliphatic heterocycles. The van der Waals surface area contributed by atoms with Gasteiger partial charge in [0, 0.05) is 12.0 Å². The van der Waals surface area contributed by atoms with Crippen molar-refractivity contribution in [3.63, 3.8) is 0 Å². The number of nitrogens with one attached hydrogen (secondary N) is 1. The van der Waals surface area contributed by atoms with Crippen LogP contribution in [0, 0.1) is 5.92 Å². The van der Waals surface area contributed by atoms with Crippen LogP contribution in [0.15, 0.2) is 24.3 Å². The van der Waals surface area contributed by atoms with Gasteiger partial charge in [-0.15, -0.1) is 0 Å². The zero-order chi connectivity index (χ0) is 14.2. The van der Waals surface area contributed by atoms with Gasteiger partial charge in [0.2, 0.25) is 0 Å². The Morgan fingerprint density at radius 3 is 2.85 bits per heavy atom. The van der Waals surface area contributed by atoms with Crippen molar-refractivity contribution in [3.05, 3.63) is 29.8 Å². The molecule has 2 unspecified atom stereocenters. The Morgan fingerprint density at radius 1 is 1.25 bits per heavy atom. The van der Waals surface area contributed by atoms with Crippen LogP contribution in [0.25, 0.3) is 0 Å². The Labute approximate surface area is 122 Å². The number of para-hydroxylation sites is 1. The second-order valence-corrected chi connectivity index (χ2v) is 5.86. The molecule has 0 bridgehead atoms. The maximum Gasteiger partial charge on any atom is 0.122 e. The Hall–Kier alpha value is -1.06. The van der Waals surface area contributed by atoms with Crippen molar-refractivity contribution >= 4 is 0 Å². The molecule has 2 atom stereocenters. The van der Waals surface area contributed by atoms with Gasteiger partial charge in [-0.1, -0.05) is 57.2 Å². The summed E-state index contributed by atoms with van der Waals surface area (Å²) in [6.45, 7) is 3.03. The van der Waals surface area contributed by atoms with Crippen LogP contribution in [-0.2, 0) is 6.42 Å². The molecular weight excluding hydrogens is 248 g/mol. The summed E-state index contributed by atoms with van der Waals surface area (Å²) in [5.74, 6) is 7.29. The van der Waals surface area contributed by atoms with Gasteiger partial charge >= 0.3 is 0 Å².